The molecule has 2 aromatic rings. The second kappa shape index (κ2) is 6.41. The van der Waals surface area contributed by atoms with Crippen LogP contribution < -0.4 is 5.32 Å². The summed E-state index contributed by atoms with van der Waals surface area (Å²) >= 11 is 0. The highest BCUT2D eigenvalue weighted by molar-refractivity contribution is 5.40. The molecule has 7 heteroatoms. The van der Waals surface area contributed by atoms with E-state index in [1.54, 1.807) is 53.4 Å². The average Bonchev–Trinajstić information content (AvgIpc) is 3.19. The molecular formula is C20H18N4O3. The van der Waals surface area contributed by atoms with Crippen LogP contribution in [0.4, 0.5) is 0 Å². The number of aliphatic hydroxyl groups is 1. The molecule has 3 unspecified atom stereocenters. The lowest BCUT2D eigenvalue weighted by Crippen LogP contribution is -2.55. The number of nitrogens with zero attached hydrogens (tertiary/aromatic N) is 3. The van der Waals surface area contributed by atoms with Crippen LogP contribution in [0.15, 0.2) is 72.2 Å². The van der Waals surface area contributed by atoms with Crippen molar-refractivity contribution in [2.24, 2.45) is 5.92 Å². The van der Waals surface area contributed by atoms with Gasteiger partial charge in [-0.15, -0.1) is 0 Å². The molecule has 136 valence electrons. The molecule has 27 heavy (non-hydrogen) atoms. The molecule has 1 fully saturated rings. The van der Waals surface area contributed by atoms with Gasteiger partial charge in [-0.3, -0.25) is 10.1 Å². The van der Waals surface area contributed by atoms with E-state index in [2.05, 4.69) is 11.4 Å². The molecule has 0 amide bonds. The highest BCUT2D eigenvalue weighted by atomic mass is 16.6. The number of nitriles is 1. The molecule has 0 bridgehead atoms. The maximum Gasteiger partial charge on any atom is 0.294 e. The standard InChI is InChI=1S/C20H18N4O3/c21-13-16-17(14-7-3-1-4-8-14)18(24(26)27)19-22-11-12-23(19)20(16,25)15-9-5-2-6-10-15/h1-10,16-17,22,25H,11-12H2. The van der Waals surface area contributed by atoms with Gasteiger partial charge in [0, 0.05) is 18.7 Å². The predicted molar refractivity (Wildman–Crippen MR) is 97.4 cm³/mol. The number of fused-ring (bicyclic) bond motifs is 1. The van der Waals surface area contributed by atoms with E-state index in [-0.39, 0.29) is 11.5 Å². The number of hydrogen-bond acceptors (Lipinski definition) is 6. The molecule has 0 spiro atoms. The van der Waals surface area contributed by atoms with Gasteiger partial charge in [0.15, 0.2) is 11.5 Å². The van der Waals surface area contributed by atoms with E-state index in [0.29, 0.717) is 24.2 Å². The Hall–Kier alpha value is -3.37. The molecule has 2 aliphatic heterocycles. The van der Waals surface area contributed by atoms with Gasteiger partial charge in [-0.1, -0.05) is 60.7 Å². The fraction of sp³-hybridized carbons (Fsp3) is 0.250. The summed E-state index contributed by atoms with van der Waals surface area (Å²) < 4.78 is 0. The molecule has 4 rings (SSSR count). The second-order valence-corrected chi connectivity index (χ2v) is 6.66. The topological polar surface area (TPSA) is 102 Å². The normalized spacial score (nSPS) is 26.9. The van der Waals surface area contributed by atoms with Crippen LogP contribution in [0.5, 0.6) is 0 Å². The van der Waals surface area contributed by atoms with Crippen molar-refractivity contribution in [3.63, 3.8) is 0 Å². The maximum absolute atomic E-state index is 12.0. The van der Waals surface area contributed by atoms with Crippen molar-refractivity contribution in [1.82, 2.24) is 10.2 Å². The summed E-state index contributed by atoms with van der Waals surface area (Å²) in [5.41, 5.74) is -0.576. The van der Waals surface area contributed by atoms with E-state index >= 15 is 0 Å². The monoisotopic (exact) mass is 362 g/mol. The highest BCUT2D eigenvalue weighted by Gasteiger charge is 2.59. The summed E-state index contributed by atoms with van der Waals surface area (Å²) in [6, 6.07) is 20.0. The van der Waals surface area contributed by atoms with Crippen LogP contribution in [0.1, 0.15) is 17.0 Å². The fourth-order valence-electron chi connectivity index (χ4n) is 4.16. The van der Waals surface area contributed by atoms with Crippen LogP contribution in [0, 0.1) is 27.4 Å². The van der Waals surface area contributed by atoms with Crippen molar-refractivity contribution in [2.45, 2.75) is 11.6 Å². The van der Waals surface area contributed by atoms with Gasteiger partial charge in [0.1, 0.15) is 5.92 Å². The summed E-state index contributed by atoms with van der Waals surface area (Å²) in [7, 11) is 0. The lowest BCUT2D eigenvalue weighted by molar-refractivity contribution is -0.438. The molecule has 0 radical (unpaired) electrons. The van der Waals surface area contributed by atoms with E-state index in [1.807, 2.05) is 12.1 Å². The maximum atomic E-state index is 12.0. The quantitative estimate of drug-likeness (QED) is 0.640. The molecule has 7 nitrogen and oxygen atoms in total. The fourth-order valence-corrected chi connectivity index (χ4v) is 4.16. The Bertz CT molecular complexity index is 939. The van der Waals surface area contributed by atoms with E-state index < -0.39 is 22.5 Å². The highest BCUT2D eigenvalue weighted by Crippen LogP contribution is 2.51. The minimum absolute atomic E-state index is 0.0779. The van der Waals surface area contributed by atoms with Crippen LogP contribution in [0.25, 0.3) is 0 Å². The summed E-state index contributed by atoms with van der Waals surface area (Å²) in [6.07, 6.45) is 0. The van der Waals surface area contributed by atoms with Crippen molar-refractivity contribution < 1.29 is 10.0 Å². The molecule has 2 heterocycles. The third-order valence-electron chi connectivity index (χ3n) is 5.31. The zero-order valence-electron chi connectivity index (χ0n) is 14.4. The van der Waals surface area contributed by atoms with Gasteiger partial charge in [0.25, 0.3) is 5.70 Å². The molecule has 0 aromatic heterocycles. The smallest absolute Gasteiger partial charge is 0.294 e. The van der Waals surface area contributed by atoms with E-state index in [0.717, 1.165) is 0 Å². The molecule has 2 aliphatic rings. The minimum atomic E-state index is -1.67. The number of nitro groups is 1. The van der Waals surface area contributed by atoms with E-state index in [9.17, 15) is 20.5 Å². The first-order valence-electron chi connectivity index (χ1n) is 8.71. The molecular weight excluding hydrogens is 344 g/mol. The third-order valence-corrected chi connectivity index (χ3v) is 5.31. The minimum Gasteiger partial charge on any atom is -0.366 e. The van der Waals surface area contributed by atoms with Gasteiger partial charge in [-0.25, -0.2) is 0 Å². The Balaban J connectivity index is 2.01. The molecule has 0 aliphatic carbocycles. The van der Waals surface area contributed by atoms with E-state index in [1.165, 1.54) is 0 Å². The first-order valence-corrected chi connectivity index (χ1v) is 8.71. The third kappa shape index (κ3) is 2.46. The number of hydrogen-bond donors (Lipinski definition) is 2. The lowest BCUT2D eigenvalue weighted by Gasteiger charge is -2.46. The zero-order valence-corrected chi connectivity index (χ0v) is 14.4. The summed E-state index contributed by atoms with van der Waals surface area (Å²) in [5, 5.41) is 36.9. The number of rotatable bonds is 3. The Morgan fingerprint density at radius 3 is 2.41 bits per heavy atom. The number of allylic oxidation sites excluding steroid dienone is 1. The van der Waals surface area contributed by atoms with Gasteiger partial charge in [0.05, 0.1) is 16.9 Å². The molecule has 3 atom stereocenters. The first-order chi connectivity index (χ1) is 13.1. The Kier molecular flexibility index (Phi) is 4.05. The second-order valence-electron chi connectivity index (χ2n) is 6.66. The van der Waals surface area contributed by atoms with Crippen molar-refractivity contribution in [3.05, 3.63) is 93.4 Å². The van der Waals surface area contributed by atoms with Gasteiger partial charge in [-0.05, 0) is 5.56 Å². The molecule has 1 saturated heterocycles. The van der Waals surface area contributed by atoms with Crippen molar-refractivity contribution in [1.29, 1.82) is 5.26 Å². The Morgan fingerprint density at radius 2 is 1.81 bits per heavy atom. The summed E-state index contributed by atoms with van der Waals surface area (Å²) in [5.74, 6) is -1.63. The van der Waals surface area contributed by atoms with E-state index in [4.69, 9.17) is 0 Å². The van der Waals surface area contributed by atoms with Crippen LogP contribution in [0.2, 0.25) is 0 Å². The predicted octanol–water partition coefficient (Wildman–Crippen LogP) is 2.12. The molecule has 0 saturated carbocycles. The van der Waals surface area contributed by atoms with Crippen molar-refractivity contribution in [2.75, 3.05) is 13.1 Å². The summed E-state index contributed by atoms with van der Waals surface area (Å²) in [4.78, 5) is 13.1. The SMILES string of the molecule is N#CC1C(c2ccccc2)C([N+](=O)[O-])=C2NCCN2C1(O)c1ccccc1. The van der Waals surface area contributed by atoms with Crippen molar-refractivity contribution >= 4 is 0 Å². The molecule has 2 N–H and O–H groups in total. The largest absolute Gasteiger partial charge is 0.366 e. The van der Waals surface area contributed by atoms with Crippen LogP contribution in [-0.2, 0) is 5.72 Å². The first kappa shape index (κ1) is 17.1. The Morgan fingerprint density at radius 1 is 1.19 bits per heavy atom. The number of benzene rings is 2. The zero-order chi connectivity index (χ0) is 19.0. The van der Waals surface area contributed by atoms with Crippen LogP contribution >= 0.6 is 0 Å². The molecule has 2 aromatic carbocycles. The van der Waals surface area contributed by atoms with Gasteiger partial charge in [0.2, 0.25) is 0 Å². The number of nitrogens with one attached hydrogen (secondary N) is 1. The van der Waals surface area contributed by atoms with Crippen LogP contribution in [0.3, 0.4) is 0 Å². The van der Waals surface area contributed by atoms with Crippen LogP contribution in [-0.4, -0.2) is 28.0 Å². The average molecular weight is 362 g/mol. The van der Waals surface area contributed by atoms with Gasteiger partial charge >= 0.3 is 0 Å². The summed E-state index contributed by atoms with van der Waals surface area (Å²) in [6.45, 7) is 0.833. The lowest BCUT2D eigenvalue weighted by atomic mass is 9.72. The van der Waals surface area contributed by atoms with Gasteiger partial charge in [-0.2, -0.15) is 5.26 Å². The Labute approximate surface area is 156 Å². The van der Waals surface area contributed by atoms with Crippen molar-refractivity contribution in [3.8, 4) is 6.07 Å². The van der Waals surface area contributed by atoms with Gasteiger partial charge < -0.3 is 15.3 Å².